The van der Waals surface area contributed by atoms with E-state index in [4.69, 9.17) is 5.73 Å². The van der Waals surface area contributed by atoms with Crippen molar-refractivity contribution in [2.45, 2.75) is 0 Å². The molecule has 4 rings (SSSR count). The van der Waals surface area contributed by atoms with E-state index >= 15 is 0 Å². The van der Waals surface area contributed by atoms with Crippen LogP contribution >= 0.6 is 0 Å². The highest BCUT2D eigenvalue weighted by Crippen LogP contribution is 2.39. The fourth-order valence-electron chi connectivity index (χ4n) is 2.91. The van der Waals surface area contributed by atoms with Crippen LogP contribution in [0.2, 0.25) is 0 Å². The Morgan fingerprint density at radius 2 is 1.75 bits per heavy atom. The van der Waals surface area contributed by atoms with E-state index in [-0.39, 0.29) is 11.4 Å². The van der Waals surface area contributed by atoms with Gasteiger partial charge in [0.2, 0.25) is 0 Å². The summed E-state index contributed by atoms with van der Waals surface area (Å²) >= 11 is 0. The maximum absolute atomic E-state index is 12.0. The van der Waals surface area contributed by atoms with Crippen LogP contribution in [0.5, 0.6) is 5.75 Å². The number of benzene rings is 2. The molecule has 0 aliphatic rings. The van der Waals surface area contributed by atoms with Gasteiger partial charge < -0.3 is 10.8 Å². The van der Waals surface area contributed by atoms with Crippen LogP contribution < -0.4 is 5.73 Å². The van der Waals surface area contributed by atoms with Gasteiger partial charge in [-0.25, -0.2) is 4.98 Å². The van der Waals surface area contributed by atoms with Gasteiger partial charge in [0.15, 0.2) is 0 Å². The van der Waals surface area contributed by atoms with Gasteiger partial charge in [-0.3, -0.25) is 9.78 Å². The van der Waals surface area contributed by atoms with Crippen molar-refractivity contribution in [3.05, 3.63) is 66.5 Å². The lowest BCUT2D eigenvalue weighted by atomic mass is 9.98. The zero-order chi connectivity index (χ0) is 16.7. The number of carbonyl (C=O) groups is 1. The van der Waals surface area contributed by atoms with Crippen molar-refractivity contribution in [1.29, 1.82) is 0 Å². The molecule has 0 aliphatic carbocycles. The Hall–Kier alpha value is -3.47. The molecule has 0 saturated heterocycles. The second-order valence-corrected chi connectivity index (χ2v) is 5.45. The van der Waals surface area contributed by atoms with Gasteiger partial charge >= 0.3 is 0 Å². The van der Waals surface area contributed by atoms with Crippen molar-refractivity contribution in [1.82, 2.24) is 9.97 Å². The number of aromatic hydroxyl groups is 1. The van der Waals surface area contributed by atoms with Crippen LogP contribution in [0.25, 0.3) is 32.9 Å². The summed E-state index contributed by atoms with van der Waals surface area (Å²) in [5.41, 5.74) is 7.65. The minimum Gasteiger partial charge on any atom is -0.507 e. The molecule has 0 atom stereocenters. The second-order valence-electron chi connectivity index (χ2n) is 5.45. The van der Waals surface area contributed by atoms with E-state index in [2.05, 4.69) is 9.97 Å². The van der Waals surface area contributed by atoms with E-state index in [1.54, 1.807) is 24.4 Å². The predicted molar refractivity (Wildman–Crippen MR) is 92.7 cm³/mol. The lowest BCUT2D eigenvalue weighted by molar-refractivity contribution is 0.0996. The van der Waals surface area contributed by atoms with Gasteiger partial charge in [0.05, 0.1) is 11.1 Å². The Morgan fingerprint density at radius 3 is 2.50 bits per heavy atom. The van der Waals surface area contributed by atoms with Gasteiger partial charge in [-0.2, -0.15) is 0 Å². The Labute approximate surface area is 137 Å². The number of primary amides is 1. The van der Waals surface area contributed by atoms with Crippen LogP contribution in [0.15, 0.2) is 60.8 Å². The largest absolute Gasteiger partial charge is 0.507 e. The second kappa shape index (κ2) is 5.31. The third kappa shape index (κ3) is 2.06. The molecule has 24 heavy (non-hydrogen) atoms. The Kier molecular flexibility index (Phi) is 3.13. The Morgan fingerprint density at radius 1 is 0.958 bits per heavy atom. The molecule has 2 aromatic heterocycles. The molecule has 0 radical (unpaired) electrons. The number of rotatable bonds is 2. The number of amides is 1. The fourth-order valence-corrected chi connectivity index (χ4v) is 2.91. The molecule has 0 saturated carbocycles. The molecule has 0 unspecified atom stereocenters. The number of hydrogen-bond donors (Lipinski definition) is 2. The molecule has 4 aromatic rings. The summed E-state index contributed by atoms with van der Waals surface area (Å²) in [6.45, 7) is 0. The van der Waals surface area contributed by atoms with E-state index in [0.717, 1.165) is 5.39 Å². The minimum atomic E-state index is -0.695. The van der Waals surface area contributed by atoms with Crippen LogP contribution in [0.1, 0.15) is 10.5 Å². The zero-order valence-electron chi connectivity index (χ0n) is 12.6. The number of aromatic nitrogens is 2. The summed E-state index contributed by atoms with van der Waals surface area (Å²) in [6, 6.07) is 16.5. The van der Waals surface area contributed by atoms with Gasteiger partial charge in [-0.1, -0.05) is 42.5 Å². The third-order valence-electron chi connectivity index (χ3n) is 4.00. The van der Waals surface area contributed by atoms with Crippen LogP contribution in [-0.2, 0) is 0 Å². The lowest BCUT2D eigenvalue weighted by Crippen LogP contribution is -2.15. The highest BCUT2D eigenvalue weighted by molar-refractivity contribution is 6.11. The van der Waals surface area contributed by atoms with Crippen molar-refractivity contribution >= 4 is 27.7 Å². The summed E-state index contributed by atoms with van der Waals surface area (Å²) in [7, 11) is 0. The quantitative estimate of drug-likeness (QED) is 0.556. The van der Waals surface area contributed by atoms with E-state index in [9.17, 15) is 9.90 Å². The Balaban J connectivity index is 2.18. The Bertz CT molecular complexity index is 1090. The molecule has 0 aliphatic heterocycles. The van der Waals surface area contributed by atoms with Crippen molar-refractivity contribution in [2.75, 3.05) is 0 Å². The number of nitrogens with two attached hydrogens (primary N) is 1. The van der Waals surface area contributed by atoms with Crippen molar-refractivity contribution < 1.29 is 9.90 Å². The molecule has 0 fully saturated rings. The molecule has 2 heterocycles. The topological polar surface area (TPSA) is 89.1 Å². The molecule has 2 aromatic carbocycles. The van der Waals surface area contributed by atoms with Crippen LogP contribution in [-0.4, -0.2) is 21.0 Å². The molecule has 0 spiro atoms. The fraction of sp³-hybridized carbons (Fsp3) is 0. The predicted octanol–water partition coefficient (Wildman–Crippen LogP) is 3.25. The van der Waals surface area contributed by atoms with Crippen LogP contribution in [0.3, 0.4) is 0 Å². The van der Waals surface area contributed by atoms with Crippen molar-refractivity contribution in [2.24, 2.45) is 5.73 Å². The first-order valence-electron chi connectivity index (χ1n) is 7.42. The number of hydrogen-bond acceptors (Lipinski definition) is 4. The molecule has 116 valence electrons. The van der Waals surface area contributed by atoms with Crippen LogP contribution in [0, 0.1) is 0 Å². The molecule has 5 nitrogen and oxygen atoms in total. The number of carbonyl (C=O) groups excluding carboxylic acids is 1. The highest BCUT2D eigenvalue weighted by atomic mass is 16.3. The molecular weight excluding hydrogens is 302 g/mol. The first-order chi connectivity index (χ1) is 11.7. The summed E-state index contributed by atoms with van der Waals surface area (Å²) in [5.74, 6) is -0.716. The maximum Gasteiger partial charge on any atom is 0.268 e. The average molecular weight is 315 g/mol. The summed E-state index contributed by atoms with van der Waals surface area (Å²) in [5, 5.41) is 12.2. The van der Waals surface area contributed by atoms with Gasteiger partial charge in [-0.15, -0.1) is 0 Å². The zero-order valence-corrected chi connectivity index (χ0v) is 12.6. The number of nitrogens with zero attached hydrogens (tertiary/aromatic N) is 2. The normalized spacial score (nSPS) is 11.0. The maximum atomic E-state index is 12.0. The third-order valence-corrected chi connectivity index (χ3v) is 4.00. The molecule has 3 N–H and O–H groups in total. The number of fused-ring (bicyclic) bond motifs is 3. The van der Waals surface area contributed by atoms with E-state index in [1.807, 2.05) is 36.4 Å². The standard InChI is InChI=1S/C19H13N3O2/c20-19(24)17-14(11-5-2-1-3-6-11)18(23)13-9-8-12-7-4-10-21-15(12)16(13)22-17/h1-10H,(H2,20,24)(H,22,23). The molecule has 0 bridgehead atoms. The molecule has 1 amide bonds. The van der Waals surface area contributed by atoms with Crippen LogP contribution in [0.4, 0.5) is 0 Å². The first kappa shape index (κ1) is 14.1. The van der Waals surface area contributed by atoms with Crippen molar-refractivity contribution in [3.63, 3.8) is 0 Å². The molecular formula is C19H13N3O2. The smallest absolute Gasteiger partial charge is 0.268 e. The van der Waals surface area contributed by atoms with Gasteiger partial charge in [0, 0.05) is 17.0 Å². The first-order valence-corrected chi connectivity index (χ1v) is 7.42. The van der Waals surface area contributed by atoms with Gasteiger partial charge in [-0.05, 0) is 17.7 Å². The minimum absolute atomic E-state index is 0.0208. The van der Waals surface area contributed by atoms with E-state index in [0.29, 0.717) is 27.5 Å². The van der Waals surface area contributed by atoms with Gasteiger partial charge in [0.1, 0.15) is 17.0 Å². The average Bonchev–Trinajstić information content (AvgIpc) is 2.62. The summed E-state index contributed by atoms with van der Waals surface area (Å²) < 4.78 is 0. The SMILES string of the molecule is NC(=O)c1nc2c(ccc3cccnc32)c(O)c1-c1ccccc1. The van der Waals surface area contributed by atoms with Crippen molar-refractivity contribution in [3.8, 4) is 16.9 Å². The molecule has 5 heteroatoms. The summed E-state index contributed by atoms with van der Waals surface area (Å²) in [6.07, 6.45) is 1.65. The van der Waals surface area contributed by atoms with E-state index in [1.165, 1.54) is 0 Å². The summed E-state index contributed by atoms with van der Waals surface area (Å²) in [4.78, 5) is 20.7. The lowest BCUT2D eigenvalue weighted by Gasteiger charge is -2.13. The monoisotopic (exact) mass is 315 g/mol. The number of pyridine rings is 2. The highest BCUT2D eigenvalue weighted by Gasteiger charge is 2.21. The van der Waals surface area contributed by atoms with Gasteiger partial charge in [0.25, 0.3) is 5.91 Å². The van der Waals surface area contributed by atoms with E-state index < -0.39 is 5.91 Å².